The standard InChI is InChI=1S/C24H24N8O3/c1-15-13-31(23(34)18-6-4-17(5-7-18)22-27-16(2)35-29-22)10-11-32(15)24-28-20(12-21(33)30(24)3)19-8-9-25-14-26-19/h4-9,12,14-15H,10-11,13H2,1-3H3/t15-/m1/s1. The fourth-order valence-corrected chi connectivity index (χ4v) is 4.16. The summed E-state index contributed by atoms with van der Waals surface area (Å²) in [5, 5.41) is 3.91. The molecule has 1 atom stereocenters. The molecular weight excluding hydrogens is 448 g/mol. The van der Waals surface area contributed by atoms with Crippen LogP contribution in [0.4, 0.5) is 5.95 Å². The van der Waals surface area contributed by atoms with Crippen LogP contribution in [0.2, 0.25) is 0 Å². The van der Waals surface area contributed by atoms with Gasteiger partial charge < -0.3 is 14.3 Å². The molecule has 0 bridgehead atoms. The molecule has 4 heterocycles. The van der Waals surface area contributed by atoms with Crippen molar-refractivity contribution in [3.63, 3.8) is 0 Å². The average Bonchev–Trinajstić information content (AvgIpc) is 3.32. The molecule has 0 saturated carbocycles. The fourth-order valence-electron chi connectivity index (χ4n) is 4.16. The van der Waals surface area contributed by atoms with Crippen LogP contribution in [0.25, 0.3) is 22.8 Å². The maximum atomic E-state index is 13.2. The fraction of sp³-hybridized carbons (Fsp3) is 0.292. The molecule has 0 N–H and O–H groups in total. The minimum atomic E-state index is -0.175. The van der Waals surface area contributed by atoms with Gasteiger partial charge in [-0.25, -0.2) is 15.0 Å². The van der Waals surface area contributed by atoms with E-state index in [1.807, 2.05) is 24.0 Å². The zero-order valence-corrected chi connectivity index (χ0v) is 19.6. The second-order valence-corrected chi connectivity index (χ2v) is 8.44. The number of benzene rings is 1. The van der Waals surface area contributed by atoms with Gasteiger partial charge in [0.05, 0.1) is 11.4 Å². The normalized spacial score (nSPS) is 15.9. The van der Waals surface area contributed by atoms with E-state index in [-0.39, 0.29) is 17.5 Å². The number of aromatic nitrogens is 6. The maximum Gasteiger partial charge on any atom is 0.255 e. The number of piperazine rings is 1. The summed E-state index contributed by atoms with van der Waals surface area (Å²) in [6.07, 6.45) is 3.04. The molecule has 0 spiro atoms. The van der Waals surface area contributed by atoms with Gasteiger partial charge in [0, 0.05) is 63.0 Å². The summed E-state index contributed by atoms with van der Waals surface area (Å²) in [6.45, 7) is 5.29. The Morgan fingerprint density at radius 3 is 2.54 bits per heavy atom. The van der Waals surface area contributed by atoms with E-state index < -0.39 is 0 Å². The number of aryl methyl sites for hydroxylation is 1. The van der Waals surface area contributed by atoms with Gasteiger partial charge in [-0.1, -0.05) is 17.3 Å². The van der Waals surface area contributed by atoms with Crippen molar-refractivity contribution < 1.29 is 9.32 Å². The third kappa shape index (κ3) is 4.39. The summed E-state index contributed by atoms with van der Waals surface area (Å²) in [5.41, 5.74) is 2.28. The smallest absolute Gasteiger partial charge is 0.255 e. The molecule has 1 aromatic carbocycles. The first-order chi connectivity index (χ1) is 16.9. The van der Waals surface area contributed by atoms with E-state index in [0.29, 0.717) is 54.2 Å². The van der Waals surface area contributed by atoms with Crippen LogP contribution in [0.1, 0.15) is 23.2 Å². The highest BCUT2D eigenvalue weighted by molar-refractivity contribution is 5.94. The molecule has 11 heteroatoms. The number of hydrogen-bond donors (Lipinski definition) is 0. The lowest BCUT2D eigenvalue weighted by Crippen LogP contribution is -2.55. The third-order valence-corrected chi connectivity index (χ3v) is 6.04. The van der Waals surface area contributed by atoms with Crippen LogP contribution in [0.15, 0.2) is 58.2 Å². The predicted molar refractivity (Wildman–Crippen MR) is 128 cm³/mol. The highest BCUT2D eigenvalue weighted by atomic mass is 16.5. The summed E-state index contributed by atoms with van der Waals surface area (Å²) in [6, 6.07) is 10.3. The number of amides is 1. The number of nitrogens with zero attached hydrogens (tertiary/aromatic N) is 8. The van der Waals surface area contributed by atoms with Crippen LogP contribution in [0.5, 0.6) is 0 Å². The van der Waals surface area contributed by atoms with E-state index >= 15 is 0 Å². The van der Waals surface area contributed by atoms with E-state index in [1.165, 1.54) is 17.0 Å². The first kappa shape index (κ1) is 22.4. The molecule has 0 unspecified atom stereocenters. The van der Waals surface area contributed by atoms with Crippen LogP contribution in [0, 0.1) is 6.92 Å². The van der Waals surface area contributed by atoms with Gasteiger partial charge >= 0.3 is 0 Å². The van der Waals surface area contributed by atoms with Gasteiger partial charge in [-0.15, -0.1) is 0 Å². The molecule has 1 amide bonds. The monoisotopic (exact) mass is 472 g/mol. The molecule has 35 heavy (non-hydrogen) atoms. The van der Waals surface area contributed by atoms with Crippen molar-refractivity contribution in [1.29, 1.82) is 0 Å². The molecular formula is C24H24N8O3. The number of carbonyl (C=O) groups is 1. The lowest BCUT2D eigenvalue weighted by Gasteiger charge is -2.40. The largest absolute Gasteiger partial charge is 0.339 e. The number of rotatable bonds is 4. The lowest BCUT2D eigenvalue weighted by atomic mass is 10.1. The molecule has 3 aromatic heterocycles. The molecule has 1 fully saturated rings. The second kappa shape index (κ2) is 9.09. The Balaban J connectivity index is 1.33. The Hall–Kier alpha value is -4.41. The summed E-state index contributed by atoms with van der Waals surface area (Å²) < 4.78 is 6.55. The number of anilines is 1. The number of carbonyl (C=O) groups excluding carboxylic acids is 1. The van der Waals surface area contributed by atoms with Crippen molar-refractivity contribution in [2.24, 2.45) is 7.05 Å². The van der Waals surface area contributed by atoms with Crippen LogP contribution < -0.4 is 10.5 Å². The Kier molecular flexibility index (Phi) is 5.81. The maximum absolute atomic E-state index is 13.2. The van der Waals surface area contributed by atoms with Crippen molar-refractivity contribution in [2.45, 2.75) is 19.9 Å². The third-order valence-electron chi connectivity index (χ3n) is 6.04. The van der Waals surface area contributed by atoms with Crippen LogP contribution >= 0.6 is 0 Å². The zero-order valence-electron chi connectivity index (χ0n) is 19.6. The van der Waals surface area contributed by atoms with E-state index in [0.717, 1.165) is 5.56 Å². The molecule has 4 aromatic rings. The molecule has 1 aliphatic rings. The Morgan fingerprint density at radius 1 is 1.09 bits per heavy atom. The Bertz CT molecular complexity index is 1410. The van der Waals surface area contributed by atoms with E-state index in [9.17, 15) is 9.59 Å². The van der Waals surface area contributed by atoms with Crippen LogP contribution in [0.3, 0.4) is 0 Å². The molecule has 1 aliphatic heterocycles. The zero-order chi connectivity index (χ0) is 24.5. The summed E-state index contributed by atoms with van der Waals surface area (Å²) in [4.78, 5) is 46.8. The van der Waals surface area contributed by atoms with Crippen LogP contribution in [-0.4, -0.2) is 66.1 Å². The molecule has 5 rings (SSSR count). The van der Waals surface area contributed by atoms with E-state index in [2.05, 4.69) is 25.0 Å². The van der Waals surface area contributed by atoms with Gasteiger partial charge in [-0.3, -0.25) is 14.2 Å². The molecule has 0 radical (unpaired) electrons. The molecule has 178 valence electrons. The molecule has 1 saturated heterocycles. The highest BCUT2D eigenvalue weighted by Gasteiger charge is 2.30. The highest BCUT2D eigenvalue weighted by Crippen LogP contribution is 2.22. The van der Waals surface area contributed by atoms with Crippen molar-refractivity contribution in [2.75, 3.05) is 24.5 Å². The Morgan fingerprint density at radius 2 is 1.89 bits per heavy atom. The van der Waals surface area contributed by atoms with Crippen molar-refractivity contribution >= 4 is 11.9 Å². The SMILES string of the molecule is Cc1nc(-c2ccc(C(=O)N3CCN(c4nc(-c5ccncn5)cc(=O)n4C)[C@H](C)C3)cc2)no1. The quantitative estimate of drug-likeness (QED) is 0.438. The van der Waals surface area contributed by atoms with Gasteiger partial charge in [0.25, 0.3) is 11.5 Å². The van der Waals surface area contributed by atoms with E-state index in [1.54, 1.807) is 38.4 Å². The predicted octanol–water partition coefficient (Wildman–Crippen LogP) is 1.95. The van der Waals surface area contributed by atoms with Crippen molar-refractivity contribution in [3.8, 4) is 22.8 Å². The average molecular weight is 473 g/mol. The first-order valence-electron chi connectivity index (χ1n) is 11.2. The first-order valence-corrected chi connectivity index (χ1v) is 11.2. The minimum absolute atomic E-state index is 0.0481. The Labute approximate surface area is 201 Å². The number of hydrogen-bond acceptors (Lipinski definition) is 9. The van der Waals surface area contributed by atoms with Crippen molar-refractivity contribution in [1.82, 2.24) is 34.6 Å². The van der Waals surface area contributed by atoms with Gasteiger partial charge in [0.15, 0.2) is 0 Å². The second-order valence-electron chi connectivity index (χ2n) is 8.44. The van der Waals surface area contributed by atoms with E-state index in [4.69, 9.17) is 9.51 Å². The van der Waals surface area contributed by atoms with Gasteiger partial charge in [0.2, 0.25) is 17.7 Å². The summed E-state index contributed by atoms with van der Waals surface area (Å²) >= 11 is 0. The molecule has 11 nitrogen and oxygen atoms in total. The topological polar surface area (TPSA) is 123 Å². The lowest BCUT2D eigenvalue weighted by molar-refractivity contribution is 0.0725. The van der Waals surface area contributed by atoms with Crippen LogP contribution in [-0.2, 0) is 7.05 Å². The molecule has 0 aliphatic carbocycles. The van der Waals surface area contributed by atoms with Gasteiger partial charge in [-0.2, -0.15) is 4.98 Å². The summed E-state index contributed by atoms with van der Waals surface area (Å²) in [5.74, 6) is 1.47. The van der Waals surface area contributed by atoms with Crippen molar-refractivity contribution in [3.05, 3.63) is 70.7 Å². The minimum Gasteiger partial charge on any atom is -0.339 e. The van der Waals surface area contributed by atoms with Gasteiger partial charge in [-0.05, 0) is 25.1 Å². The van der Waals surface area contributed by atoms with Gasteiger partial charge in [0.1, 0.15) is 6.33 Å². The summed E-state index contributed by atoms with van der Waals surface area (Å²) in [7, 11) is 1.70.